The number of rotatable bonds is 4. The first-order valence-corrected chi connectivity index (χ1v) is 10.8. The first-order chi connectivity index (χ1) is 15.7. The zero-order chi connectivity index (χ0) is 23.8. The van der Waals surface area contributed by atoms with Gasteiger partial charge in [0.05, 0.1) is 0 Å². The van der Waals surface area contributed by atoms with E-state index in [1.807, 2.05) is 30.3 Å². The van der Waals surface area contributed by atoms with Crippen molar-refractivity contribution in [3.63, 3.8) is 0 Å². The van der Waals surface area contributed by atoms with Crippen LogP contribution in [0, 0.1) is 11.8 Å². The van der Waals surface area contributed by atoms with Crippen molar-refractivity contribution in [3.8, 4) is 11.8 Å². The molecular formula is C27H29NO5. The van der Waals surface area contributed by atoms with E-state index in [2.05, 4.69) is 50.1 Å². The summed E-state index contributed by atoms with van der Waals surface area (Å²) in [4.78, 5) is 23.6. The van der Waals surface area contributed by atoms with E-state index < -0.39 is 30.4 Å². The van der Waals surface area contributed by atoms with Gasteiger partial charge in [0.1, 0.15) is 18.8 Å². The summed E-state index contributed by atoms with van der Waals surface area (Å²) in [5.41, 5.74) is 2.79. The second-order valence-electron chi connectivity index (χ2n) is 8.74. The lowest BCUT2D eigenvalue weighted by atomic mass is 9.87. The number of carbonyl (C=O) groups is 2. The molecule has 1 N–H and O–H groups in total. The lowest BCUT2D eigenvalue weighted by Gasteiger charge is -2.29. The van der Waals surface area contributed by atoms with E-state index in [0.717, 1.165) is 5.56 Å². The second kappa shape index (κ2) is 10.8. The van der Waals surface area contributed by atoms with Crippen LogP contribution in [0.3, 0.4) is 0 Å². The molecule has 0 radical (unpaired) electrons. The van der Waals surface area contributed by atoms with E-state index in [9.17, 15) is 9.59 Å². The standard InChI is InChI=1S/C27H29NO5/c1-19(29)31-18-25-24(33-26(30)28-22-8-6-5-7-9-22)17-16-23(32-25)15-12-20-10-13-21(14-11-20)27(2,3)4/h5-11,13-14,16-17,23-25H,18H2,1-4H3,(H,28,30)/t23-,24-,25-/m1/s1. The molecular weight excluding hydrogens is 418 g/mol. The number of hydrogen-bond acceptors (Lipinski definition) is 5. The van der Waals surface area contributed by atoms with Gasteiger partial charge in [-0.25, -0.2) is 4.79 Å². The summed E-state index contributed by atoms with van der Waals surface area (Å²) in [7, 11) is 0. The number of esters is 1. The van der Waals surface area contributed by atoms with E-state index in [1.54, 1.807) is 24.3 Å². The number of benzene rings is 2. The van der Waals surface area contributed by atoms with Crippen molar-refractivity contribution < 1.29 is 23.8 Å². The number of amides is 1. The highest BCUT2D eigenvalue weighted by molar-refractivity contribution is 5.84. The molecule has 3 rings (SSSR count). The average molecular weight is 448 g/mol. The number of hydrogen-bond donors (Lipinski definition) is 1. The van der Waals surface area contributed by atoms with Crippen LogP contribution >= 0.6 is 0 Å². The van der Waals surface area contributed by atoms with Crippen molar-refractivity contribution in [3.05, 3.63) is 77.9 Å². The van der Waals surface area contributed by atoms with Gasteiger partial charge in [-0.05, 0) is 47.4 Å². The maximum Gasteiger partial charge on any atom is 0.412 e. The SMILES string of the molecule is CC(=O)OC[C@H]1O[C@H](C#Cc2ccc(C(C)(C)C)cc2)C=C[C@H]1OC(=O)Nc1ccccc1. The van der Waals surface area contributed by atoms with Gasteiger partial charge < -0.3 is 14.2 Å². The maximum atomic E-state index is 12.3. The van der Waals surface area contributed by atoms with Crippen LogP contribution in [0.4, 0.5) is 10.5 Å². The van der Waals surface area contributed by atoms with Gasteiger partial charge in [0.2, 0.25) is 0 Å². The van der Waals surface area contributed by atoms with Crippen LogP contribution in [-0.2, 0) is 24.4 Å². The third-order valence-electron chi connectivity index (χ3n) is 4.99. The summed E-state index contributed by atoms with van der Waals surface area (Å²) in [6.45, 7) is 7.75. The summed E-state index contributed by atoms with van der Waals surface area (Å²) >= 11 is 0. The Kier molecular flexibility index (Phi) is 7.92. The quantitative estimate of drug-likeness (QED) is 0.412. The molecule has 0 saturated heterocycles. The molecule has 33 heavy (non-hydrogen) atoms. The predicted molar refractivity (Wildman–Crippen MR) is 127 cm³/mol. The monoisotopic (exact) mass is 447 g/mol. The highest BCUT2D eigenvalue weighted by atomic mass is 16.6. The molecule has 1 heterocycles. The number of anilines is 1. The summed E-state index contributed by atoms with van der Waals surface area (Å²) in [5, 5.41) is 2.66. The van der Waals surface area contributed by atoms with E-state index in [1.165, 1.54) is 12.5 Å². The third-order valence-corrected chi connectivity index (χ3v) is 4.99. The minimum absolute atomic E-state index is 0.0542. The molecule has 0 saturated carbocycles. The molecule has 6 heteroatoms. The molecule has 6 nitrogen and oxygen atoms in total. The lowest BCUT2D eigenvalue weighted by Crippen LogP contribution is -2.42. The maximum absolute atomic E-state index is 12.3. The highest BCUT2D eigenvalue weighted by Gasteiger charge is 2.30. The Morgan fingerprint density at radius 3 is 2.36 bits per heavy atom. The number of ether oxygens (including phenoxy) is 3. The Bertz CT molecular complexity index is 1040. The lowest BCUT2D eigenvalue weighted by molar-refractivity contribution is -0.149. The molecule has 1 amide bonds. The normalized spacial score (nSPS) is 19.7. The van der Waals surface area contributed by atoms with Crippen LogP contribution in [0.2, 0.25) is 0 Å². The van der Waals surface area contributed by atoms with Crippen molar-refractivity contribution in [1.29, 1.82) is 0 Å². The summed E-state index contributed by atoms with van der Waals surface area (Å²) in [6, 6.07) is 17.1. The first-order valence-electron chi connectivity index (χ1n) is 10.8. The van der Waals surface area contributed by atoms with Crippen LogP contribution < -0.4 is 5.32 Å². The fraction of sp³-hybridized carbons (Fsp3) is 0.333. The molecule has 172 valence electrons. The molecule has 0 aliphatic carbocycles. The molecule has 1 aliphatic rings. The van der Waals surface area contributed by atoms with Crippen LogP contribution in [-0.4, -0.2) is 37.0 Å². The van der Waals surface area contributed by atoms with E-state index in [4.69, 9.17) is 14.2 Å². The molecule has 2 aromatic rings. The van der Waals surface area contributed by atoms with Gasteiger partial charge in [0.25, 0.3) is 0 Å². The van der Waals surface area contributed by atoms with E-state index in [0.29, 0.717) is 5.69 Å². The van der Waals surface area contributed by atoms with Gasteiger partial charge in [0, 0.05) is 18.2 Å². The summed E-state index contributed by atoms with van der Waals surface area (Å²) < 4.78 is 16.6. The minimum atomic E-state index is -0.725. The Morgan fingerprint density at radius 1 is 1.03 bits per heavy atom. The molecule has 0 aromatic heterocycles. The Labute approximate surface area is 194 Å². The van der Waals surface area contributed by atoms with Gasteiger partial charge in [-0.2, -0.15) is 0 Å². The van der Waals surface area contributed by atoms with Crippen molar-refractivity contribution >= 4 is 17.7 Å². The largest absolute Gasteiger partial charge is 0.463 e. The van der Waals surface area contributed by atoms with E-state index in [-0.39, 0.29) is 12.0 Å². The molecule has 0 unspecified atom stereocenters. The fourth-order valence-electron chi connectivity index (χ4n) is 3.18. The minimum Gasteiger partial charge on any atom is -0.463 e. The van der Waals surface area contributed by atoms with Crippen molar-refractivity contribution in [1.82, 2.24) is 0 Å². The highest BCUT2D eigenvalue weighted by Crippen LogP contribution is 2.22. The molecule has 2 aromatic carbocycles. The fourth-order valence-corrected chi connectivity index (χ4v) is 3.18. The van der Waals surface area contributed by atoms with Crippen LogP contribution in [0.15, 0.2) is 66.7 Å². The molecule has 0 spiro atoms. The molecule has 0 bridgehead atoms. The van der Waals surface area contributed by atoms with Crippen LogP contribution in [0.5, 0.6) is 0 Å². The third kappa shape index (κ3) is 7.51. The molecule has 1 aliphatic heterocycles. The topological polar surface area (TPSA) is 73.9 Å². The Hall–Kier alpha value is -3.56. The number of carbonyl (C=O) groups excluding carboxylic acids is 2. The molecule has 0 fully saturated rings. The van der Waals surface area contributed by atoms with Crippen molar-refractivity contribution in [2.45, 2.75) is 51.4 Å². The predicted octanol–water partition coefficient (Wildman–Crippen LogP) is 4.84. The van der Waals surface area contributed by atoms with Crippen molar-refractivity contribution in [2.24, 2.45) is 0 Å². The van der Waals surface area contributed by atoms with E-state index >= 15 is 0 Å². The van der Waals surface area contributed by atoms with Gasteiger partial charge in [-0.15, -0.1) is 0 Å². The zero-order valence-electron chi connectivity index (χ0n) is 19.3. The Balaban J connectivity index is 1.67. The summed E-state index contributed by atoms with van der Waals surface area (Å²) in [6.07, 6.45) is 0.895. The smallest absolute Gasteiger partial charge is 0.412 e. The van der Waals surface area contributed by atoms with Gasteiger partial charge in [0.15, 0.2) is 6.10 Å². The molecule has 3 atom stereocenters. The van der Waals surface area contributed by atoms with Crippen LogP contribution in [0.1, 0.15) is 38.8 Å². The average Bonchev–Trinajstić information content (AvgIpc) is 2.77. The van der Waals surface area contributed by atoms with Crippen LogP contribution in [0.25, 0.3) is 0 Å². The zero-order valence-corrected chi connectivity index (χ0v) is 19.3. The first kappa shape index (κ1) is 24.1. The van der Waals surface area contributed by atoms with Gasteiger partial charge in [-0.1, -0.05) is 62.9 Å². The summed E-state index contributed by atoms with van der Waals surface area (Å²) in [5.74, 6) is 5.74. The van der Waals surface area contributed by atoms with Gasteiger partial charge >= 0.3 is 12.1 Å². The Morgan fingerprint density at radius 2 is 1.73 bits per heavy atom. The number of nitrogens with one attached hydrogen (secondary N) is 1. The van der Waals surface area contributed by atoms with Crippen molar-refractivity contribution in [2.75, 3.05) is 11.9 Å². The second-order valence-corrected chi connectivity index (χ2v) is 8.74. The number of para-hydroxylation sites is 1. The van der Waals surface area contributed by atoms with Gasteiger partial charge in [-0.3, -0.25) is 10.1 Å².